The van der Waals surface area contributed by atoms with Crippen LogP contribution in [0.2, 0.25) is 0 Å². The van der Waals surface area contributed by atoms with E-state index in [2.05, 4.69) is 21.1 Å². The van der Waals surface area contributed by atoms with Gasteiger partial charge in [-0.2, -0.15) is 0 Å². The molecule has 2 aromatic heterocycles. The zero-order valence-electron chi connectivity index (χ0n) is 11.7. The van der Waals surface area contributed by atoms with Gasteiger partial charge in [0, 0.05) is 5.69 Å². The Labute approximate surface area is 125 Å². The molecule has 1 aromatic carbocycles. The van der Waals surface area contributed by atoms with Crippen molar-refractivity contribution < 1.29 is 13.9 Å². The highest BCUT2D eigenvalue weighted by atomic mass is 32.1. The van der Waals surface area contributed by atoms with Crippen LogP contribution in [0.15, 0.2) is 34.7 Å². The summed E-state index contributed by atoms with van der Waals surface area (Å²) in [5.74, 6) is 0.418. The largest absolute Gasteiger partial charge is 0.463 e. The predicted octanol–water partition coefficient (Wildman–Crippen LogP) is 3.60. The number of nitrogens with zero attached hydrogens (tertiary/aromatic N) is 1. The van der Waals surface area contributed by atoms with E-state index in [-0.39, 0.29) is 5.76 Å². The number of anilines is 1. The second-order valence-electron chi connectivity index (χ2n) is 4.53. The third kappa shape index (κ3) is 2.90. The third-order valence-corrected chi connectivity index (χ3v) is 3.94. The molecule has 21 heavy (non-hydrogen) atoms. The number of methoxy groups -OCH3 is 1. The molecule has 0 atom stereocenters. The third-order valence-electron chi connectivity index (χ3n) is 3.01. The number of carbonyl (C=O) groups is 1. The molecular formula is C15H14N2O3S. The molecule has 0 aliphatic carbocycles. The van der Waals surface area contributed by atoms with Gasteiger partial charge in [0.2, 0.25) is 5.76 Å². The summed E-state index contributed by atoms with van der Waals surface area (Å²) in [7, 11) is 1.33. The van der Waals surface area contributed by atoms with Crippen molar-refractivity contribution in [3.63, 3.8) is 0 Å². The van der Waals surface area contributed by atoms with Crippen molar-refractivity contribution in [1.29, 1.82) is 0 Å². The van der Waals surface area contributed by atoms with Gasteiger partial charge in [-0.05, 0) is 37.3 Å². The molecule has 0 bridgehead atoms. The molecule has 5 nitrogen and oxygen atoms in total. The van der Waals surface area contributed by atoms with Crippen molar-refractivity contribution in [1.82, 2.24) is 4.98 Å². The van der Waals surface area contributed by atoms with Gasteiger partial charge in [0.25, 0.3) is 0 Å². The van der Waals surface area contributed by atoms with Crippen molar-refractivity contribution in [2.24, 2.45) is 0 Å². The Kier molecular flexibility index (Phi) is 3.62. The summed E-state index contributed by atoms with van der Waals surface area (Å²) >= 11 is 1.66. The van der Waals surface area contributed by atoms with Crippen LogP contribution in [0.3, 0.4) is 0 Å². The molecule has 3 rings (SSSR count). The number of esters is 1. The number of thiazole rings is 1. The van der Waals surface area contributed by atoms with E-state index >= 15 is 0 Å². The molecule has 1 N–H and O–H groups in total. The lowest BCUT2D eigenvalue weighted by molar-refractivity contribution is 0.0563. The van der Waals surface area contributed by atoms with Crippen LogP contribution in [-0.4, -0.2) is 18.1 Å². The van der Waals surface area contributed by atoms with E-state index in [1.54, 1.807) is 23.5 Å². The number of hydrogen-bond acceptors (Lipinski definition) is 6. The summed E-state index contributed by atoms with van der Waals surface area (Å²) in [6.45, 7) is 2.50. The molecular weight excluding hydrogens is 288 g/mol. The van der Waals surface area contributed by atoms with Crippen LogP contribution in [0.1, 0.15) is 21.3 Å². The lowest BCUT2D eigenvalue weighted by Crippen LogP contribution is -2.00. The number of benzene rings is 1. The van der Waals surface area contributed by atoms with Gasteiger partial charge < -0.3 is 14.5 Å². The second-order valence-corrected chi connectivity index (χ2v) is 5.76. The van der Waals surface area contributed by atoms with E-state index in [4.69, 9.17) is 4.42 Å². The molecule has 0 aliphatic rings. The van der Waals surface area contributed by atoms with E-state index in [1.165, 1.54) is 7.11 Å². The highest BCUT2D eigenvalue weighted by Gasteiger charge is 2.10. The molecule has 108 valence electrons. The molecule has 6 heteroatoms. The number of aromatic nitrogens is 1. The van der Waals surface area contributed by atoms with E-state index in [0.29, 0.717) is 12.3 Å². The summed E-state index contributed by atoms with van der Waals surface area (Å²) in [6.07, 6.45) is 0. The Bertz CT molecular complexity index is 791. The fourth-order valence-corrected chi connectivity index (χ4v) is 2.89. The predicted molar refractivity (Wildman–Crippen MR) is 81.7 cm³/mol. The minimum atomic E-state index is -0.470. The maximum absolute atomic E-state index is 11.3. The first-order valence-corrected chi connectivity index (χ1v) is 7.25. The summed E-state index contributed by atoms with van der Waals surface area (Å²) in [4.78, 5) is 15.7. The van der Waals surface area contributed by atoms with Crippen molar-refractivity contribution >= 4 is 33.2 Å². The van der Waals surface area contributed by atoms with Crippen LogP contribution in [-0.2, 0) is 11.3 Å². The van der Waals surface area contributed by atoms with E-state index in [1.807, 2.05) is 19.1 Å². The Morgan fingerprint density at radius 1 is 1.38 bits per heavy atom. The maximum atomic E-state index is 11.3. The van der Waals surface area contributed by atoms with E-state index < -0.39 is 5.97 Å². The highest BCUT2D eigenvalue weighted by Crippen LogP contribution is 2.25. The number of fused-ring (bicyclic) bond motifs is 1. The second kappa shape index (κ2) is 5.57. The van der Waals surface area contributed by atoms with Crippen LogP contribution >= 0.6 is 11.3 Å². The van der Waals surface area contributed by atoms with E-state index in [0.717, 1.165) is 20.9 Å². The van der Waals surface area contributed by atoms with Gasteiger partial charge in [-0.3, -0.25) is 0 Å². The minimum Gasteiger partial charge on any atom is -0.463 e. The van der Waals surface area contributed by atoms with Crippen LogP contribution in [0.5, 0.6) is 0 Å². The first-order valence-electron chi connectivity index (χ1n) is 6.44. The first kappa shape index (κ1) is 13.6. The van der Waals surface area contributed by atoms with Gasteiger partial charge in [-0.1, -0.05) is 0 Å². The topological polar surface area (TPSA) is 64.4 Å². The van der Waals surface area contributed by atoms with Crippen molar-refractivity contribution in [3.05, 3.63) is 46.9 Å². The highest BCUT2D eigenvalue weighted by molar-refractivity contribution is 7.18. The number of hydrogen-bond donors (Lipinski definition) is 1. The van der Waals surface area contributed by atoms with Gasteiger partial charge in [-0.15, -0.1) is 11.3 Å². The normalized spacial score (nSPS) is 10.8. The zero-order valence-corrected chi connectivity index (χ0v) is 12.5. The summed E-state index contributed by atoms with van der Waals surface area (Å²) in [5, 5.41) is 4.32. The number of aryl methyl sites for hydroxylation is 1. The smallest absolute Gasteiger partial charge is 0.373 e. The standard InChI is InChI=1S/C15H14N2O3S/c1-9-17-12-5-3-10(7-14(12)21-9)16-8-11-4-6-13(20-11)15(18)19-2/h3-7,16H,8H2,1-2H3. The molecule has 0 spiro atoms. The molecule has 2 heterocycles. The van der Waals surface area contributed by atoms with Crippen molar-refractivity contribution in [2.45, 2.75) is 13.5 Å². The number of furan rings is 1. The fraction of sp³-hybridized carbons (Fsp3) is 0.200. The Morgan fingerprint density at radius 3 is 3.05 bits per heavy atom. The maximum Gasteiger partial charge on any atom is 0.373 e. The van der Waals surface area contributed by atoms with Gasteiger partial charge in [-0.25, -0.2) is 9.78 Å². The van der Waals surface area contributed by atoms with Crippen molar-refractivity contribution in [3.8, 4) is 0 Å². The number of rotatable bonds is 4. The molecule has 0 aliphatic heterocycles. The van der Waals surface area contributed by atoms with Crippen LogP contribution < -0.4 is 5.32 Å². The summed E-state index contributed by atoms with van der Waals surface area (Å²) in [6, 6.07) is 9.40. The first-order chi connectivity index (χ1) is 10.2. The molecule has 0 saturated heterocycles. The summed E-state index contributed by atoms with van der Waals surface area (Å²) in [5.41, 5.74) is 2.00. The SMILES string of the molecule is COC(=O)c1ccc(CNc2ccc3nc(C)sc3c2)o1. The Hall–Kier alpha value is -2.34. The summed E-state index contributed by atoms with van der Waals surface area (Å²) < 4.78 is 11.2. The monoisotopic (exact) mass is 302 g/mol. The Balaban J connectivity index is 1.70. The van der Waals surface area contributed by atoms with Gasteiger partial charge in [0.05, 0.1) is 28.9 Å². The lowest BCUT2D eigenvalue weighted by Gasteiger charge is -2.04. The number of ether oxygens (including phenoxy) is 1. The fourth-order valence-electron chi connectivity index (χ4n) is 2.02. The molecule has 0 radical (unpaired) electrons. The molecule has 0 unspecified atom stereocenters. The van der Waals surface area contributed by atoms with Gasteiger partial charge in [0.1, 0.15) is 5.76 Å². The van der Waals surface area contributed by atoms with Crippen molar-refractivity contribution in [2.75, 3.05) is 12.4 Å². The average Bonchev–Trinajstić information content (AvgIpc) is 3.09. The zero-order chi connectivity index (χ0) is 14.8. The van der Waals surface area contributed by atoms with Crippen LogP contribution in [0.4, 0.5) is 5.69 Å². The quantitative estimate of drug-likeness (QED) is 0.746. The molecule has 0 saturated carbocycles. The minimum absolute atomic E-state index is 0.211. The van der Waals surface area contributed by atoms with Crippen LogP contribution in [0.25, 0.3) is 10.2 Å². The average molecular weight is 302 g/mol. The molecule has 0 fully saturated rings. The molecule has 0 amide bonds. The van der Waals surface area contributed by atoms with Crippen LogP contribution in [0, 0.1) is 6.92 Å². The number of carbonyl (C=O) groups excluding carboxylic acids is 1. The Morgan fingerprint density at radius 2 is 2.24 bits per heavy atom. The lowest BCUT2D eigenvalue weighted by atomic mass is 10.3. The molecule has 3 aromatic rings. The number of nitrogens with one attached hydrogen (secondary N) is 1. The van der Waals surface area contributed by atoms with E-state index in [9.17, 15) is 4.79 Å². The van der Waals surface area contributed by atoms with Gasteiger partial charge >= 0.3 is 5.97 Å². The van der Waals surface area contributed by atoms with Gasteiger partial charge in [0.15, 0.2) is 0 Å².